The van der Waals surface area contributed by atoms with E-state index in [0.29, 0.717) is 37.4 Å². The minimum Gasteiger partial charge on any atom is -0.508 e. The molecule has 0 bridgehead atoms. The van der Waals surface area contributed by atoms with Gasteiger partial charge in [0.1, 0.15) is 23.7 Å². The van der Waals surface area contributed by atoms with Crippen molar-refractivity contribution in [3.05, 3.63) is 59.7 Å². The van der Waals surface area contributed by atoms with Crippen LogP contribution in [0.3, 0.4) is 0 Å². The first-order valence-electron chi connectivity index (χ1n) is 10.5. The van der Waals surface area contributed by atoms with Crippen molar-refractivity contribution < 1.29 is 24.2 Å². The zero-order valence-electron chi connectivity index (χ0n) is 18.3. The minimum atomic E-state index is -0.552. The maximum atomic E-state index is 12.6. The van der Waals surface area contributed by atoms with Crippen LogP contribution in [0.5, 0.6) is 11.5 Å². The molecule has 3 rings (SSSR count). The molecule has 1 aliphatic rings. The number of carbonyl (C=O) groups is 2. The average molecular weight is 427 g/mol. The van der Waals surface area contributed by atoms with Gasteiger partial charge in [0, 0.05) is 24.7 Å². The lowest BCUT2D eigenvalue weighted by Gasteiger charge is -2.24. The van der Waals surface area contributed by atoms with E-state index >= 15 is 0 Å². The van der Waals surface area contributed by atoms with Crippen molar-refractivity contribution in [1.29, 1.82) is 0 Å². The molecule has 2 amide bonds. The second-order valence-electron chi connectivity index (χ2n) is 8.72. The molecule has 7 nitrogen and oxygen atoms in total. The monoisotopic (exact) mass is 426 g/mol. The highest BCUT2D eigenvalue weighted by molar-refractivity contribution is 5.80. The molecule has 0 radical (unpaired) electrons. The van der Waals surface area contributed by atoms with E-state index in [1.54, 1.807) is 17.0 Å². The molecule has 7 heteroatoms. The van der Waals surface area contributed by atoms with Crippen molar-refractivity contribution in [2.75, 3.05) is 13.1 Å². The quantitative estimate of drug-likeness (QED) is 0.736. The first kappa shape index (κ1) is 22.5. The number of carbonyl (C=O) groups excluding carboxylic acids is 2. The Morgan fingerprint density at radius 2 is 1.90 bits per heavy atom. The van der Waals surface area contributed by atoms with Gasteiger partial charge in [-0.25, -0.2) is 4.79 Å². The van der Waals surface area contributed by atoms with E-state index in [1.807, 2.05) is 51.1 Å². The summed E-state index contributed by atoms with van der Waals surface area (Å²) in [7, 11) is 0. The average Bonchev–Trinajstić information content (AvgIpc) is 3.15. The molecule has 31 heavy (non-hydrogen) atoms. The third kappa shape index (κ3) is 6.91. The molecule has 0 spiro atoms. The SMILES string of the molecule is CC(C)(C)OC(=O)N1CC[C@H](NC(=O)Cc2cc(O)ccc2OCc2ccccc2)C1. The standard InChI is InChI=1S/C24H30N2O5/c1-24(2,3)31-23(29)26-12-11-19(15-26)25-22(28)14-18-13-20(27)9-10-21(18)30-16-17-7-5-4-6-8-17/h4-10,13,19,27H,11-12,14-16H2,1-3H3,(H,25,28)/t19-/m0/s1. The first-order chi connectivity index (χ1) is 14.7. The minimum absolute atomic E-state index is 0.0709. The van der Waals surface area contributed by atoms with Gasteiger partial charge in [-0.3, -0.25) is 4.79 Å². The van der Waals surface area contributed by atoms with E-state index in [2.05, 4.69) is 5.32 Å². The van der Waals surface area contributed by atoms with Gasteiger partial charge in [-0.1, -0.05) is 30.3 Å². The number of phenols is 1. The number of nitrogens with zero attached hydrogens (tertiary/aromatic N) is 1. The lowest BCUT2D eigenvalue weighted by Crippen LogP contribution is -2.40. The Balaban J connectivity index is 1.55. The Bertz CT molecular complexity index is 908. The van der Waals surface area contributed by atoms with Gasteiger partial charge < -0.3 is 24.8 Å². The number of nitrogens with one attached hydrogen (secondary N) is 1. The normalized spacial score (nSPS) is 16.1. The van der Waals surface area contributed by atoms with Gasteiger partial charge in [0.25, 0.3) is 0 Å². The van der Waals surface area contributed by atoms with Crippen molar-refractivity contribution in [2.24, 2.45) is 0 Å². The number of phenolic OH excluding ortho intramolecular Hbond substituents is 1. The van der Waals surface area contributed by atoms with E-state index in [9.17, 15) is 14.7 Å². The van der Waals surface area contributed by atoms with Crippen LogP contribution >= 0.6 is 0 Å². The maximum absolute atomic E-state index is 12.6. The molecule has 1 heterocycles. The second kappa shape index (κ2) is 9.73. The molecule has 1 aliphatic heterocycles. The smallest absolute Gasteiger partial charge is 0.410 e. The van der Waals surface area contributed by atoms with Crippen LogP contribution in [-0.4, -0.2) is 46.7 Å². The van der Waals surface area contributed by atoms with Crippen LogP contribution < -0.4 is 10.1 Å². The van der Waals surface area contributed by atoms with Crippen molar-refractivity contribution in [2.45, 2.75) is 51.9 Å². The molecule has 0 saturated carbocycles. The van der Waals surface area contributed by atoms with Crippen molar-refractivity contribution >= 4 is 12.0 Å². The van der Waals surface area contributed by atoms with Crippen LogP contribution in [0.2, 0.25) is 0 Å². The maximum Gasteiger partial charge on any atom is 0.410 e. The summed E-state index contributed by atoms with van der Waals surface area (Å²) < 4.78 is 11.3. The molecular weight excluding hydrogens is 396 g/mol. The van der Waals surface area contributed by atoms with Crippen LogP contribution in [0.15, 0.2) is 48.5 Å². The number of rotatable bonds is 6. The van der Waals surface area contributed by atoms with Crippen LogP contribution in [0.1, 0.15) is 38.3 Å². The van der Waals surface area contributed by atoms with Gasteiger partial charge in [-0.2, -0.15) is 0 Å². The largest absolute Gasteiger partial charge is 0.508 e. The lowest BCUT2D eigenvalue weighted by molar-refractivity contribution is -0.121. The zero-order chi connectivity index (χ0) is 22.4. The molecule has 2 N–H and O–H groups in total. The Morgan fingerprint density at radius 3 is 2.61 bits per heavy atom. The van der Waals surface area contributed by atoms with Gasteiger partial charge in [0.15, 0.2) is 0 Å². The van der Waals surface area contributed by atoms with Gasteiger partial charge in [0.05, 0.1) is 6.42 Å². The highest BCUT2D eigenvalue weighted by Gasteiger charge is 2.30. The lowest BCUT2D eigenvalue weighted by atomic mass is 10.1. The molecule has 0 aliphatic carbocycles. The predicted octanol–water partition coefficient (Wildman–Crippen LogP) is 3.64. The molecule has 0 unspecified atom stereocenters. The summed E-state index contributed by atoms with van der Waals surface area (Å²) in [5.74, 6) is 0.441. The number of hydrogen-bond donors (Lipinski definition) is 2. The number of likely N-dealkylation sites (tertiary alicyclic amines) is 1. The number of amides is 2. The van der Waals surface area contributed by atoms with E-state index in [-0.39, 0.29) is 30.2 Å². The summed E-state index contributed by atoms with van der Waals surface area (Å²) >= 11 is 0. The molecule has 1 saturated heterocycles. The zero-order valence-corrected chi connectivity index (χ0v) is 18.3. The summed E-state index contributed by atoms with van der Waals surface area (Å²) in [6.45, 7) is 6.80. The predicted molar refractivity (Wildman–Crippen MR) is 117 cm³/mol. The van der Waals surface area contributed by atoms with E-state index in [1.165, 1.54) is 6.07 Å². The molecule has 166 valence electrons. The number of ether oxygens (including phenoxy) is 2. The fourth-order valence-corrected chi connectivity index (χ4v) is 3.40. The van der Waals surface area contributed by atoms with Crippen molar-refractivity contribution in [1.82, 2.24) is 10.2 Å². The van der Waals surface area contributed by atoms with Gasteiger partial charge in [-0.15, -0.1) is 0 Å². The van der Waals surface area contributed by atoms with E-state index in [0.717, 1.165) is 5.56 Å². The van der Waals surface area contributed by atoms with Crippen molar-refractivity contribution in [3.63, 3.8) is 0 Å². The van der Waals surface area contributed by atoms with Crippen LogP contribution in [0.4, 0.5) is 4.79 Å². The third-order valence-electron chi connectivity index (χ3n) is 4.84. The van der Waals surface area contributed by atoms with E-state index < -0.39 is 5.60 Å². The number of aromatic hydroxyl groups is 1. The molecular formula is C24H30N2O5. The Labute approximate surface area is 183 Å². The summed E-state index contributed by atoms with van der Waals surface area (Å²) in [5, 5.41) is 12.8. The summed E-state index contributed by atoms with van der Waals surface area (Å²) in [4.78, 5) is 26.4. The van der Waals surface area contributed by atoms with E-state index in [4.69, 9.17) is 9.47 Å². The molecule has 0 aromatic heterocycles. The first-order valence-corrected chi connectivity index (χ1v) is 10.5. The Hall–Kier alpha value is -3.22. The molecule has 1 atom stereocenters. The number of benzene rings is 2. The highest BCUT2D eigenvalue weighted by Crippen LogP contribution is 2.25. The highest BCUT2D eigenvalue weighted by atomic mass is 16.6. The summed E-state index contributed by atoms with van der Waals surface area (Å²) in [5.41, 5.74) is 1.07. The Kier molecular flexibility index (Phi) is 7.05. The second-order valence-corrected chi connectivity index (χ2v) is 8.72. The van der Waals surface area contributed by atoms with Crippen LogP contribution in [0, 0.1) is 0 Å². The molecule has 2 aromatic rings. The van der Waals surface area contributed by atoms with Gasteiger partial charge in [-0.05, 0) is 51.0 Å². The van der Waals surface area contributed by atoms with Gasteiger partial charge >= 0.3 is 6.09 Å². The van der Waals surface area contributed by atoms with Crippen molar-refractivity contribution in [3.8, 4) is 11.5 Å². The summed E-state index contributed by atoms with van der Waals surface area (Å²) in [6.07, 6.45) is 0.373. The third-order valence-corrected chi connectivity index (χ3v) is 4.84. The summed E-state index contributed by atoms with van der Waals surface area (Å²) in [6, 6.07) is 14.3. The fraction of sp³-hybridized carbons (Fsp3) is 0.417. The Morgan fingerprint density at radius 1 is 1.16 bits per heavy atom. The van der Waals surface area contributed by atoms with Gasteiger partial charge in [0.2, 0.25) is 5.91 Å². The molecule has 2 aromatic carbocycles. The topological polar surface area (TPSA) is 88.1 Å². The fourth-order valence-electron chi connectivity index (χ4n) is 3.40. The van der Waals surface area contributed by atoms with Crippen LogP contribution in [0.25, 0.3) is 0 Å². The number of hydrogen-bond acceptors (Lipinski definition) is 5. The van der Waals surface area contributed by atoms with Crippen LogP contribution in [-0.2, 0) is 22.6 Å². The molecule has 1 fully saturated rings.